The molecule has 0 saturated carbocycles. The third kappa shape index (κ3) is 4.14. The number of hydrogen-bond acceptors (Lipinski definition) is 4. The molecule has 0 bridgehead atoms. The van der Waals surface area contributed by atoms with Crippen LogP contribution in [0.15, 0.2) is 59.5 Å². The standard InChI is InChI=1S/C15H15NO4S/c16-15(17)10-11-20-21(18,19)14-8-6-13(7-9-14)12-4-2-1-3-5-12/h1-9H,10-11H2,(H2,16,17). The summed E-state index contributed by atoms with van der Waals surface area (Å²) >= 11 is 0. The van der Waals surface area contributed by atoms with Gasteiger partial charge in [-0.05, 0) is 23.3 Å². The third-order valence-electron chi connectivity index (χ3n) is 2.84. The molecule has 0 aliphatic carbocycles. The lowest BCUT2D eigenvalue weighted by molar-refractivity contribution is -0.118. The fourth-order valence-corrected chi connectivity index (χ4v) is 2.67. The molecule has 0 aromatic heterocycles. The van der Waals surface area contributed by atoms with Crippen LogP contribution in [0.4, 0.5) is 0 Å². The number of primary amides is 1. The van der Waals surface area contributed by atoms with Crippen LogP contribution in [0.2, 0.25) is 0 Å². The minimum atomic E-state index is -3.86. The lowest BCUT2D eigenvalue weighted by atomic mass is 10.1. The first kappa shape index (κ1) is 15.2. The van der Waals surface area contributed by atoms with E-state index in [4.69, 9.17) is 9.92 Å². The molecule has 1 amide bonds. The van der Waals surface area contributed by atoms with E-state index in [1.807, 2.05) is 30.3 Å². The van der Waals surface area contributed by atoms with Crippen LogP contribution in [0.25, 0.3) is 11.1 Å². The van der Waals surface area contributed by atoms with E-state index < -0.39 is 16.0 Å². The summed E-state index contributed by atoms with van der Waals surface area (Å²) in [4.78, 5) is 10.6. The lowest BCUT2D eigenvalue weighted by Crippen LogP contribution is -2.16. The van der Waals surface area contributed by atoms with Crippen LogP contribution in [-0.4, -0.2) is 20.9 Å². The van der Waals surface area contributed by atoms with Gasteiger partial charge in [0.25, 0.3) is 10.1 Å². The second kappa shape index (κ2) is 6.51. The Morgan fingerprint density at radius 1 is 0.952 bits per heavy atom. The van der Waals surface area contributed by atoms with Crippen LogP contribution < -0.4 is 5.73 Å². The Labute approximate surface area is 123 Å². The molecule has 0 fully saturated rings. The van der Waals surface area contributed by atoms with E-state index in [0.29, 0.717) is 0 Å². The predicted octanol–water partition coefficient (Wildman–Crippen LogP) is 1.93. The molecule has 0 aliphatic rings. The van der Waals surface area contributed by atoms with Crippen molar-refractivity contribution in [1.29, 1.82) is 0 Å². The van der Waals surface area contributed by atoms with Gasteiger partial charge in [-0.3, -0.25) is 8.98 Å². The maximum Gasteiger partial charge on any atom is 0.296 e. The van der Waals surface area contributed by atoms with Gasteiger partial charge in [0, 0.05) is 0 Å². The van der Waals surface area contributed by atoms with Crippen LogP contribution in [0.5, 0.6) is 0 Å². The van der Waals surface area contributed by atoms with E-state index in [2.05, 4.69) is 0 Å². The predicted molar refractivity (Wildman–Crippen MR) is 78.8 cm³/mol. The van der Waals surface area contributed by atoms with Gasteiger partial charge >= 0.3 is 0 Å². The van der Waals surface area contributed by atoms with Crippen molar-refractivity contribution in [2.45, 2.75) is 11.3 Å². The summed E-state index contributed by atoms with van der Waals surface area (Å²) in [6.45, 7) is -0.252. The number of hydrogen-bond donors (Lipinski definition) is 1. The van der Waals surface area contributed by atoms with Crippen molar-refractivity contribution >= 4 is 16.0 Å². The van der Waals surface area contributed by atoms with Gasteiger partial charge in [-0.15, -0.1) is 0 Å². The molecular weight excluding hydrogens is 290 g/mol. The zero-order valence-electron chi connectivity index (χ0n) is 11.2. The van der Waals surface area contributed by atoms with Crippen LogP contribution >= 0.6 is 0 Å². The summed E-state index contributed by atoms with van der Waals surface area (Å²) in [6.07, 6.45) is -0.138. The highest BCUT2D eigenvalue weighted by Crippen LogP contribution is 2.21. The summed E-state index contributed by atoms with van der Waals surface area (Å²) in [5.74, 6) is -0.607. The second-order valence-electron chi connectivity index (χ2n) is 4.38. The third-order valence-corrected chi connectivity index (χ3v) is 4.16. The molecule has 0 spiro atoms. The lowest BCUT2D eigenvalue weighted by Gasteiger charge is -2.06. The van der Waals surface area contributed by atoms with Gasteiger partial charge in [-0.2, -0.15) is 8.42 Å². The minimum absolute atomic E-state index is 0.0478. The van der Waals surface area contributed by atoms with Gasteiger partial charge in [0.05, 0.1) is 17.9 Å². The molecule has 2 aromatic rings. The van der Waals surface area contributed by atoms with Gasteiger partial charge in [-0.25, -0.2) is 0 Å². The number of rotatable bonds is 6. The smallest absolute Gasteiger partial charge is 0.296 e. The normalized spacial score (nSPS) is 11.2. The molecule has 5 nitrogen and oxygen atoms in total. The average molecular weight is 305 g/mol. The highest BCUT2D eigenvalue weighted by atomic mass is 32.2. The van der Waals surface area contributed by atoms with Gasteiger partial charge in [0.1, 0.15) is 0 Å². The minimum Gasteiger partial charge on any atom is -0.370 e. The Balaban J connectivity index is 2.13. The van der Waals surface area contributed by atoms with Crippen molar-refractivity contribution in [3.8, 4) is 11.1 Å². The molecule has 0 radical (unpaired) electrons. The fraction of sp³-hybridized carbons (Fsp3) is 0.133. The molecule has 0 heterocycles. The zero-order chi connectivity index (χ0) is 15.3. The zero-order valence-corrected chi connectivity index (χ0v) is 12.0. The summed E-state index contributed by atoms with van der Waals surface area (Å²) in [5.41, 5.74) is 6.84. The Bertz CT molecular complexity index is 709. The number of carbonyl (C=O) groups is 1. The van der Waals surface area contributed by atoms with Crippen LogP contribution in [0.3, 0.4) is 0 Å². The van der Waals surface area contributed by atoms with E-state index in [-0.39, 0.29) is 17.9 Å². The molecular formula is C15H15NO4S. The first-order valence-electron chi connectivity index (χ1n) is 6.32. The number of benzene rings is 2. The average Bonchev–Trinajstić information content (AvgIpc) is 2.48. The monoisotopic (exact) mass is 305 g/mol. The van der Waals surface area contributed by atoms with E-state index in [0.717, 1.165) is 11.1 Å². The molecule has 0 aliphatic heterocycles. The number of carbonyl (C=O) groups excluding carboxylic acids is 1. The highest BCUT2D eigenvalue weighted by molar-refractivity contribution is 7.86. The van der Waals surface area contributed by atoms with Crippen molar-refractivity contribution in [1.82, 2.24) is 0 Å². The molecule has 2 N–H and O–H groups in total. The maximum atomic E-state index is 11.9. The van der Waals surface area contributed by atoms with Crippen molar-refractivity contribution in [2.24, 2.45) is 5.73 Å². The van der Waals surface area contributed by atoms with Crippen molar-refractivity contribution < 1.29 is 17.4 Å². The Kier molecular flexibility index (Phi) is 4.72. The maximum absolute atomic E-state index is 11.9. The Morgan fingerprint density at radius 2 is 1.52 bits per heavy atom. The van der Waals surface area contributed by atoms with Crippen LogP contribution in [0.1, 0.15) is 6.42 Å². The first-order valence-corrected chi connectivity index (χ1v) is 7.73. The summed E-state index contributed by atoms with van der Waals surface area (Å²) in [5, 5.41) is 0. The molecule has 110 valence electrons. The SMILES string of the molecule is NC(=O)CCOS(=O)(=O)c1ccc(-c2ccccc2)cc1. The molecule has 0 saturated heterocycles. The van der Waals surface area contributed by atoms with E-state index in [1.54, 1.807) is 12.1 Å². The van der Waals surface area contributed by atoms with Crippen molar-refractivity contribution in [3.05, 3.63) is 54.6 Å². The van der Waals surface area contributed by atoms with Crippen molar-refractivity contribution in [3.63, 3.8) is 0 Å². The van der Waals surface area contributed by atoms with E-state index >= 15 is 0 Å². The van der Waals surface area contributed by atoms with Gasteiger partial charge in [0.15, 0.2) is 0 Å². The van der Waals surface area contributed by atoms with E-state index in [1.165, 1.54) is 12.1 Å². The number of nitrogens with two attached hydrogens (primary N) is 1. The largest absolute Gasteiger partial charge is 0.370 e. The van der Waals surface area contributed by atoms with Gasteiger partial charge in [-0.1, -0.05) is 42.5 Å². The Hall–Kier alpha value is -2.18. The van der Waals surface area contributed by atoms with Crippen LogP contribution in [-0.2, 0) is 19.1 Å². The second-order valence-corrected chi connectivity index (χ2v) is 6.00. The van der Waals surface area contributed by atoms with Gasteiger partial charge in [0.2, 0.25) is 5.91 Å². The molecule has 2 rings (SSSR count). The molecule has 2 aromatic carbocycles. The Morgan fingerprint density at radius 3 is 2.10 bits per heavy atom. The summed E-state index contributed by atoms with van der Waals surface area (Å²) in [7, 11) is -3.86. The molecule has 0 atom stereocenters. The molecule has 21 heavy (non-hydrogen) atoms. The fourth-order valence-electron chi connectivity index (χ4n) is 1.76. The molecule has 6 heteroatoms. The topological polar surface area (TPSA) is 86.5 Å². The summed E-state index contributed by atoms with van der Waals surface area (Å²) < 4.78 is 28.5. The summed E-state index contributed by atoms with van der Waals surface area (Å²) in [6, 6.07) is 16.0. The first-order chi connectivity index (χ1) is 9.99. The van der Waals surface area contributed by atoms with E-state index in [9.17, 15) is 13.2 Å². The number of amides is 1. The highest BCUT2D eigenvalue weighted by Gasteiger charge is 2.15. The van der Waals surface area contributed by atoms with Crippen molar-refractivity contribution in [2.75, 3.05) is 6.61 Å². The van der Waals surface area contributed by atoms with Crippen LogP contribution in [0, 0.1) is 0 Å². The molecule has 0 unspecified atom stereocenters. The quantitative estimate of drug-likeness (QED) is 0.826. The van der Waals surface area contributed by atoms with Gasteiger partial charge < -0.3 is 5.73 Å².